The van der Waals surface area contributed by atoms with Gasteiger partial charge in [-0.25, -0.2) is 0 Å². The molecule has 5 unspecified atom stereocenters. The van der Waals surface area contributed by atoms with Crippen LogP contribution < -0.4 is 4.74 Å². The molecule has 192 valence electrons. The molecule has 2 aliphatic carbocycles. The Morgan fingerprint density at radius 1 is 1.25 bits per heavy atom. The van der Waals surface area contributed by atoms with Crippen molar-refractivity contribution in [3.05, 3.63) is 72.1 Å². The molecule has 0 amide bonds. The monoisotopic (exact) mass is 491 g/mol. The van der Waals surface area contributed by atoms with E-state index in [0.29, 0.717) is 24.5 Å². The van der Waals surface area contributed by atoms with Crippen molar-refractivity contribution in [3.63, 3.8) is 0 Å². The molecule has 5 atom stereocenters. The number of hydrogen-bond donors (Lipinski definition) is 2. The zero-order valence-corrected chi connectivity index (χ0v) is 21.4. The standard InChI is InChI=1S/C30H37NO5/c1-20-6-4-5-13-30(20)14-11-25(23-12-15-31-19-23)26(18-30)28(36-21(2)32)17-24(33)9-7-22-8-10-27(34)29(16-22)35-3/h4-6,8,10,12-13,15-16,19-20,25-26,28,31,34H,7,9,11,14,17-18H2,1-3H3. The van der Waals surface area contributed by atoms with Crippen LogP contribution in [0.3, 0.4) is 0 Å². The summed E-state index contributed by atoms with van der Waals surface area (Å²) in [6.45, 7) is 3.68. The summed E-state index contributed by atoms with van der Waals surface area (Å²) in [7, 11) is 1.50. The summed E-state index contributed by atoms with van der Waals surface area (Å²) in [5, 5.41) is 9.83. The van der Waals surface area contributed by atoms with Crippen LogP contribution in [-0.2, 0) is 20.7 Å². The maximum absolute atomic E-state index is 13.2. The number of aromatic hydroxyl groups is 1. The fraction of sp³-hybridized carbons (Fsp3) is 0.467. The number of Topliss-reactive ketones (excluding diaryl/α,β-unsaturated/α-hetero) is 1. The Bertz CT molecular complexity index is 1120. The fourth-order valence-corrected chi connectivity index (χ4v) is 6.06. The van der Waals surface area contributed by atoms with E-state index in [0.717, 1.165) is 24.8 Å². The number of aromatic nitrogens is 1. The lowest BCUT2D eigenvalue weighted by Gasteiger charge is -2.48. The van der Waals surface area contributed by atoms with Crippen LogP contribution in [0.15, 0.2) is 61.0 Å². The van der Waals surface area contributed by atoms with Gasteiger partial charge in [-0.05, 0) is 72.3 Å². The van der Waals surface area contributed by atoms with Crippen LogP contribution in [0.2, 0.25) is 0 Å². The fourth-order valence-electron chi connectivity index (χ4n) is 6.06. The number of phenols is 1. The predicted molar refractivity (Wildman–Crippen MR) is 139 cm³/mol. The van der Waals surface area contributed by atoms with Crippen molar-refractivity contribution < 1.29 is 24.2 Å². The number of benzene rings is 1. The molecule has 1 spiro atoms. The molecule has 2 aliphatic rings. The Balaban J connectivity index is 1.53. The maximum atomic E-state index is 13.2. The quantitative estimate of drug-likeness (QED) is 0.427. The largest absolute Gasteiger partial charge is 0.504 e. The molecule has 1 heterocycles. The summed E-state index contributed by atoms with van der Waals surface area (Å²) >= 11 is 0. The van der Waals surface area contributed by atoms with Crippen LogP contribution in [0.1, 0.15) is 63.0 Å². The van der Waals surface area contributed by atoms with Crippen LogP contribution in [0, 0.1) is 17.3 Å². The van der Waals surface area contributed by atoms with Gasteiger partial charge in [0.05, 0.1) is 7.11 Å². The van der Waals surface area contributed by atoms with Crippen LogP contribution in [0.5, 0.6) is 11.5 Å². The lowest BCUT2D eigenvalue weighted by Crippen LogP contribution is -2.43. The third kappa shape index (κ3) is 5.75. The highest BCUT2D eigenvalue weighted by Crippen LogP contribution is 2.54. The van der Waals surface area contributed by atoms with Crippen molar-refractivity contribution in [1.29, 1.82) is 0 Å². The number of aromatic amines is 1. The minimum absolute atomic E-state index is 0.0102. The summed E-state index contributed by atoms with van der Waals surface area (Å²) in [5.41, 5.74) is 2.13. The summed E-state index contributed by atoms with van der Waals surface area (Å²) in [5.74, 6) is 0.814. The minimum Gasteiger partial charge on any atom is -0.504 e. The Morgan fingerprint density at radius 2 is 2.08 bits per heavy atom. The second-order valence-electron chi connectivity index (χ2n) is 10.3. The highest BCUT2D eigenvalue weighted by atomic mass is 16.5. The Kier molecular flexibility index (Phi) is 8.02. The van der Waals surface area contributed by atoms with Gasteiger partial charge < -0.3 is 19.6 Å². The molecule has 1 fully saturated rings. The van der Waals surface area contributed by atoms with Gasteiger partial charge in [0, 0.05) is 38.1 Å². The van der Waals surface area contributed by atoms with E-state index in [9.17, 15) is 14.7 Å². The Labute approximate surface area is 213 Å². The SMILES string of the molecule is COc1cc(CCC(=O)CC(OC(C)=O)C2CC3(C=CC=CC3C)CCC2c2cc[nH]c2)ccc1O. The van der Waals surface area contributed by atoms with Gasteiger partial charge in [0.25, 0.3) is 0 Å². The molecule has 0 aliphatic heterocycles. The number of allylic oxidation sites excluding steroid dienone is 4. The van der Waals surface area contributed by atoms with Crippen LogP contribution in [0.25, 0.3) is 0 Å². The first-order chi connectivity index (χ1) is 17.3. The number of hydrogen-bond acceptors (Lipinski definition) is 5. The van der Waals surface area contributed by atoms with E-state index in [1.165, 1.54) is 19.6 Å². The lowest BCUT2D eigenvalue weighted by atomic mass is 9.57. The van der Waals surface area contributed by atoms with Crippen LogP contribution in [0.4, 0.5) is 0 Å². The molecule has 2 aromatic rings. The molecular weight excluding hydrogens is 454 g/mol. The van der Waals surface area contributed by atoms with E-state index in [-0.39, 0.29) is 41.2 Å². The molecule has 6 nitrogen and oxygen atoms in total. The number of carbonyl (C=O) groups is 2. The van der Waals surface area contributed by atoms with Crippen molar-refractivity contribution >= 4 is 11.8 Å². The lowest BCUT2D eigenvalue weighted by molar-refractivity contribution is -0.153. The number of nitrogens with one attached hydrogen (secondary N) is 1. The molecule has 0 radical (unpaired) electrons. The van der Waals surface area contributed by atoms with E-state index in [1.807, 2.05) is 12.4 Å². The van der Waals surface area contributed by atoms with Gasteiger partial charge in [-0.2, -0.15) is 0 Å². The van der Waals surface area contributed by atoms with Crippen molar-refractivity contribution in [3.8, 4) is 11.5 Å². The van der Waals surface area contributed by atoms with Gasteiger partial charge >= 0.3 is 5.97 Å². The molecule has 36 heavy (non-hydrogen) atoms. The highest BCUT2D eigenvalue weighted by Gasteiger charge is 2.46. The van der Waals surface area contributed by atoms with E-state index in [1.54, 1.807) is 18.2 Å². The summed E-state index contributed by atoms with van der Waals surface area (Å²) in [6.07, 6.45) is 16.3. The number of ketones is 1. The molecular formula is C30H37NO5. The third-order valence-electron chi connectivity index (χ3n) is 8.11. The predicted octanol–water partition coefficient (Wildman–Crippen LogP) is 5.88. The number of phenolic OH excluding ortho intramolecular Hbond substituents is 1. The Morgan fingerprint density at radius 3 is 2.78 bits per heavy atom. The first-order valence-corrected chi connectivity index (χ1v) is 12.8. The molecule has 0 saturated heterocycles. The van der Waals surface area contributed by atoms with E-state index < -0.39 is 6.10 Å². The van der Waals surface area contributed by atoms with Crippen molar-refractivity contribution in [1.82, 2.24) is 4.98 Å². The molecule has 4 rings (SSSR count). The number of rotatable bonds is 9. The molecule has 1 aromatic carbocycles. The van der Waals surface area contributed by atoms with Crippen molar-refractivity contribution in [2.24, 2.45) is 17.3 Å². The highest BCUT2D eigenvalue weighted by molar-refractivity contribution is 5.79. The van der Waals surface area contributed by atoms with Gasteiger partial charge in [-0.3, -0.25) is 9.59 Å². The molecule has 1 aromatic heterocycles. The smallest absolute Gasteiger partial charge is 0.302 e. The number of ether oxygens (including phenoxy) is 2. The molecule has 6 heteroatoms. The zero-order chi connectivity index (χ0) is 25.7. The molecule has 0 bridgehead atoms. The Hall–Kier alpha value is -3.28. The zero-order valence-electron chi connectivity index (χ0n) is 21.4. The van der Waals surface area contributed by atoms with E-state index in [4.69, 9.17) is 9.47 Å². The second-order valence-corrected chi connectivity index (χ2v) is 10.3. The van der Waals surface area contributed by atoms with Crippen LogP contribution >= 0.6 is 0 Å². The third-order valence-corrected chi connectivity index (χ3v) is 8.11. The van der Waals surface area contributed by atoms with Gasteiger partial charge in [-0.15, -0.1) is 0 Å². The number of esters is 1. The second kappa shape index (κ2) is 11.2. The molecule has 2 N–H and O–H groups in total. The number of carbonyl (C=O) groups excluding carboxylic acids is 2. The van der Waals surface area contributed by atoms with Crippen molar-refractivity contribution in [2.75, 3.05) is 7.11 Å². The average Bonchev–Trinajstić information content (AvgIpc) is 3.39. The van der Waals surface area contributed by atoms with Gasteiger partial charge in [0.15, 0.2) is 11.5 Å². The van der Waals surface area contributed by atoms with Gasteiger partial charge in [0.1, 0.15) is 11.9 Å². The van der Waals surface area contributed by atoms with Crippen LogP contribution in [-0.4, -0.2) is 35.1 Å². The van der Waals surface area contributed by atoms with Gasteiger partial charge in [0.2, 0.25) is 0 Å². The van der Waals surface area contributed by atoms with Gasteiger partial charge in [-0.1, -0.05) is 37.3 Å². The number of aryl methyl sites for hydroxylation is 1. The summed E-state index contributed by atoms with van der Waals surface area (Å²) in [6, 6.07) is 7.23. The number of H-pyrrole nitrogens is 1. The first kappa shape index (κ1) is 25.8. The molecule has 1 saturated carbocycles. The van der Waals surface area contributed by atoms with E-state index >= 15 is 0 Å². The average molecular weight is 492 g/mol. The normalized spacial score (nSPS) is 26.0. The first-order valence-electron chi connectivity index (χ1n) is 12.8. The van der Waals surface area contributed by atoms with E-state index in [2.05, 4.69) is 42.3 Å². The number of methoxy groups -OCH3 is 1. The van der Waals surface area contributed by atoms with Crippen molar-refractivity contribution in [2.45, 2.75) is 64.4 Å². The summed E-state index contributed by atoms with van der Waals surface area (Å²) in [4.78, 5) is 28.5. The topological polar surface area (TPSA) is 88.6 Å². The maximum Gasteiger partial charge on any atom is 0.302 e. The minimum atomic E-state index is -0.479. The summed E-state index contributed by atoms with van der Waals surface area (Å²) < 4.78 is 11.1.